The highest BCUT2D eigenvalue weighted by Crippen LogP contribution is 2.52. The Balaban J connectivity index is 1.99. The van der Waals surface area contributed by atoms with Crippen molar-refractivity contribution in [1.82, 2.24) is 10.3 Å². The van der Waals surface area contributed by atoms with Crippen LogP contribution in [0.1, 0.15) is 232 Å². The van der Waals surface area contributed by atoms with Gasteiger partial charge in [0.15, 0.2) is 5.44 Å². The van der Waals surface area contributed by atoms with E-state index in [9.17, 15) is 24.3 Å². The van der Waals surface area contributed by atoms with E-state index in [0.717, 1.165) is 25.7 Å². The number of carboxylic acid groups (broad SMARTS) is 1. The summed E-state index contributed by atoms with van der Waals surface area (Å²) < 4.78 is 18.8. The standard InChI is InChI=1S/C63H102N4O10S/c1-34(2)46-42(64-52(66-56(73)62(19,20)21)48(46)54(71)76-50-38(58(7,8)9)27-36(5)28-39(50)59(10,11)12)31-43-47(35(3)4)49(55(72)77-51-40(60(13,14)15)29-37(6)30-41(51)61(16,17)18)53(65-43)67-57(74)63(22,23)25-24-26-78-45(75-33-68)32-44(69)70/h31,33-41,45,50-51,65H,24-30,32H2,1-23H3,(H,67,74)(H,69,70)(H,64,66,73). The van der Waals surface area contributed by atoms with Crippen LogP contribution >= 0.6 is 11.8 Å². The third kappa shape index (κ3) is 16.6. The van der Waals surface area contributed by atoms with E-state index < -0.39 is 46.4 Å². The maximum absolute atomic E-state index is 15.5. The molecule has 5 unspecified atom stereocenters. The van der Waals surface area contributed by atoms with Crippen LogP contribution in [-0.2, 0) is 38.2 Å². The fourth-order valence-corrected chi connectivity index (χ4v) is 13.0. The van der Waals surface area contributed by atoms with Crippen molar-refractivity contribution in [2.24, 2.45) is 78.9 Å². The number of carbonyl (C=O) groups excluding carboxylic acids is 5. The van der Waals surface area contributed by atoms with Gasteiger partial charge in [0.1, 0.15) is 35.0 Å². The van der Waals surface area contributed by atoms with Crippen molar-refractivity contribution >= 4 is 65.7 Å². The molecule has 3 aliphatic rings. The normalized spacial score (nSPS) is 24.7. The van der Waals surface area contributed by atoms with Crippen molar-refractivity contribution < 1.29 is 48.1 Å². The molecule has 1 aromatic heterocycles. The van der Waals surface area contributed by atoms with E-state index in [1.807, 2.05) is 47.6 Å². The van der Waals surface area contributed by atoms with Gasteiger partial charge in [-0.05, 0) is 107 Å². The second-order valence-electron chi connectivity index (χ2n) is 29.8. The van der Waals surface area contributed by atoms with Crippen LogP contribution in [0, 0.1) is 73.9 Å². The van der Waals surface area contributed by atoms with Crippen molar-refractivity contribution in [1.29, 1.82) is 0 Å². The molecule has 1 aliphatic heterocycles. The molecule has 4 rings (SSSR count). The van der Waals surface area contributed by atoms with E-state index in [0.29, 0.717) is 53.0 Å². The van der Waals surface area contributed by atoms with Crippen LogP contribution in [0.5, 0.6) is 0 Å². The quantitative estimate of drug-likeness (QED) is 0.0358. The van der Waals surface area contributed by atoms with Crippen LogP contribution < -0.4 is 10.6 Å². The topological polar surface area (TPSA) is 203 Å². The van der Waals surface area contributed by atoms with Crippen LogP contribution in [0.4, 0.5) is 5.82 Å². The average molecular weight is 1110 g/mol. The number of esters is 2. The summed E-state index contributed by atoms with van der Waals surface area (Å²) in [4.78, 5) is 90.6. The van der Waals surface area contributed by atoms with Gasteiger partial charge in [-0.15, -0.1) is 11.8 Å². The number of aliphatic imine (C=N–C) groups is 1. The first-order chi connectivity index (χ1) is 35.5. The van der Waals surface area contributed by atoms with Crippen molar-refractivity contribution in [2.75, 3.05) is 11.1 Å². The van der Waals surface area contributed by atoms with Gasteiger partial charge in [0, 0.05) is 40.2 Å². The lowest BCUT2D eigenvalue weighted by atomic mass is 9.59. The third-order valence-corrected chi connectivity index (χ3v) is 17.8. The highest BCUT2D eigenvalue weighted by atomic mass is 32.2. The number of ether oxygens (including phenoxy) is 3. The molecule has 0 aromatic carbocycles. The van der Waals surface area contributed by atoms with E-state index >= 15 is 9.59 Å². The number of aromatic nitrogens is 1. The zero-order valence-electron chi connectivity index (χ0n) is 52.1. The summed E-state index contributed by atoms with van der Waals surface area (Å²) in [6.45, 7) is 48.3. The summed E-state index contributed by atoms with van der Waals surface area (Å²) >= 11 is 1.19. The van der Waals surface area contributed by atoms with Gasteiger partial charge in [-0.3, -0.25) is 19.2 Å². The van der Waals surface area contributed by atoms with Gasteiger partial charge in [-0.2, -0.15) is 0 Å². The fourth-order valence-electron chi connectivity index (χ4n) is 12.0. The number of allylic oxidation sites excluding steroid dienone is 1. The molecule has 2 fully saturated rings. The number of rotatable bonds is 18. The minimum Gasteiger partial charge on any atom is -0.481 e. The summed E-state index contributed by atoms with van der Waals surface area (Å²) in [6, 6.07) is 0. The van der Waals surface area contributed by atoms with Gasteiger partial charge < -0.3 is 34.9 Å². The Morgan fingerprint density at radius 1 is 0.692 bits per heavy atom. The zero-order chi connectivity index (χ0) is 59.6. The Bertz CT molecular complexity index is 2400. The lowest BCUT2D eigenvalue weighted by molar-refractivity contribution is -0.164. The minimum atomic E-state index is -1.09. The zero-order valence-corrected chi connectivity index (χ0v) is 53.0. The first-order valence-electron chi connectivity index (χ1n) is 28.8. The van der Waals surface area contributed by atoms with Gasteiger partial charge in [0.2, 0.25) is 11.8 Å². The molecule has 5 atom stereocenters. The maximum Gasteiger partial charge on any atom is 0.342 e. The summed E-state index contributed by atoms with van der Waals surface area (Å²) in [6.07, 6.45) is 5.08. The number of carboxylic acids is 1. The SMILES string of the molecule is CC1CC(C(C)(C)C)C(OC(=O)C2=C(C(C)C)C(=Cc3[nH]c(NC(=O)C(C)(C)CCCSC(CC(=O)O)OC=O)c(C(=O)OC4C(C(C)(C)C)CC(C)CC4C(C)(C)C)c3C(C)C)N=C2NC(=O)C(C)(C)C)C(C(C)(C)C)C1. The second-order valence-corrected chi connectivity index (χ2v) is 31.1. The summed E-state index contributed by atoms with van der Waals surface area (Å²) in [5.74, 6) is -1.73. The van der Waals surface area contributed by atoms with Crippen LogP contribution in [0.25, 0.3) is 6.08 Å². The van der Waals surface area contributed by atoms with Crippen LogP contribution in [0.2, 0.25) is 0 Å². The number of aromatic amines is 1. The molecule has 0 saturated heterocycles. The number of anilines is 1. The highest BCUT2D eigenvalue weighted by molar-refractivity contribution is 7.99. The summed E-state index contributed by atoms with van der Waals surface area (Å²) in [5.41, 5.74) is -0.980. The predicted octanol–water partition coefficient (Wildman–Crippen LogP) is 14.4. The molecule has 78 heavy (non-hydrogen) atoms. The number of amides is 2. The Kier molecular flexibility index (Phi) is 21.3. The van der Waals surface area contributed by atoms with Crippen LogP contribution in [0.3, 0.4) is 0 Å². The van der Waals surface area contributed by atoms with Gasteiger partial charge >= 0.3 is 17.9 Å². The number of H-pyrrole nitrogens is 1. The molecule has 0 radical (unpaired) electrons. The average Bonchev–Trinajstić information content (AvgIpc) is 3.81. The van der Waals surface area contributed by atoms with E-state index in [1.165, 1.54) is 11.8 Å². The highest BCUT2D eigenvalue weighted by Gasteiger charge is 2.51. The number of thioether (sulfide) groups is 1. The number of carbonyl (C=O) groups is 6. The van der Waals surface area contributed by atoms with Crippen molar-refractivity contribution in [3.05, 3.63) is 33.7 Å². The van der Waals surface area contributed by atoms with Crippen molar-refractivity contribution in [3.63, 3.8) is 0 Å². The Labute approximate surface area is 473 Å². The molecule has 1 aromatic rings. The van der Waals surface area contributed by atoms with E-state index in [1.54, 1.807) is 20.8 Å². The van der Waals surface area contributed by atoms with Gasteiger partial charge in [-0.1, -0.05) is 159 Å². The molecule has 0 bridgehead atoms. The number of amidine groups is 1. The first kappa shape index (κ1) is 66.1. The number of nitrogens with zero attached hydrogens (tertiary/aromatic N) is 1. The van der Waals surface area contributed by atoms with Crippen molar-refractivity contribution in [2.45, 2.75) is 228 Å². The van der Waals surface area contributed by atoms with Gasteiger partial charge in [0.25, 0.3) is 6.47 Å². The van der Waals surface area contributed by atoms with E-state index in [-0.39, 0.29) is 105 Å². The van der Waals surface area contributed by atoms with E-state index in [2.05, 4.69) is 113 Å². The first-order valence-corrected chi connectivity index (χ1v) is 29.8. The summed E-state index contributed by atoms with van der Waals surface area (Å²) in [5, 5.41) is 15.5. The molecule has 14 nitrogen and oxygen atoms in total. The molecule has 2 aliphatic carbocycles. The monoisotopic (exact) mass is 1110 g/mol. The Hall–Kier alpha value is -4.40. The largest absolute Gasteiger partial charge is 0.481 e. The number of hydrogen-bond donors (Lipinski definition) is 4. The Morgan fingerprint density at radius 2 is 1.15 bits per heavy atom. The molecule has 2 saturated carbocycles. The number of hydrogen-bond acceptors (Lipinski definition) is 11. The minimum absolute atomic E-state index is 0.0418. The number of aliphatic carboxylic acids is 1. The van der Waals surface area contributed by atoms with Crippen LogP contribution in [0.15, 0.2) is 21.8 Å². The van der Waals surface area contributed by atoms with Crippen LogP contribution in [-0.4, -0.2) is 75.5 Å². The fraction of sp³-hybridized carbons (Fsp3) is 0.762. The summed E-state index contributed by atoms with van der Waals surface area (Å²) in [7, 11) is 0. The lowest BCUT2D eigenvalue weighted by Crippen LogP contribution is -2.50. The third-order valence-electron chi connectivity index (χ3n) is 16.6. The molecule has 440 valence electrons. The van der Waals surface area contributed by atoms with Gasteiger partial charge in [0.05, 0.1) is 12.1 Å². The number of nitrogens with one attached hydrogen (secondary N) is 3. The molecule has 0 spiro atoms. The molecular weight excluding hydrogens is 1000 g/mol. The molecule has 15 heteroatoms. The molecular formula is C63H102N4O10S. The predicted molar refractivity (Wildman–Crippen MR) is 315 cm³/mol. The van der Waals surface area contributed by atoms with Crippen molar-refractivity contribution in [3.8, 4) is 0 Å². The van der Waals surface area contributed by atoms with E-state index in [4.69, 9.17) is 19.2 Å². The molecule has 2 amide bonds. The lowest BCUT2D eigenvalue weighted by Gasteiger charge is -2.50. The molecule has 2 heterocycles. The maximum atomic E-state index is 15.5. The molecule has 4 N–H and O–H groups in total. The van der Waals surface area contributed by atoms with Gasteiger partial charge in [-0.25, -0.2) is 14.6 Å². The Morgan fingerprint density at radius 3 is 1.55 bits per heavy atom. The second kappa shape index (κ2) is 25.2. The smallest absolute Gasteiger partial charge is 0.342 e.